The van der Waals surface area contributed by atoms with Crippen LogP contribution in [-0.4, -0.2) is 18.5 Å². The Hall–Kier alpha value is -1.39. The monoisotopic (exact) mass is 260 g/mol. The standard InChI is InChI=1S/C14H16N2OS/c17-14(9-15-11-5-6-11)16-8-12-7-10-3-1-2-4-13(10)18-12/h1-4,7,11,15H,5-6,8-9H2,(H,16,17). The van der Waals surface area contributed by atoms with Crippen molar-refractivity contribution in [2.24, 2.45) is 0 Å². The zero-order valence-electron chi connectivity index (χ0n) is 10.1. The van der Waals surface area contributed by atoms with Crippen LogP contribution in [0.3, 0.4) is 0 Å². The van der Waals surface area contributed by atoms with Gasteiger partial charge in [0.15, 0.2) is 0 Å². The van der Waals surface area contributed by atoms with E-state index in [0.717, 1.165) is 0 Å². The third-order valence-corrected chi connectivity index (χ3v) is 4.18. The van der Waals surface area contributed by atoms with E-state index in [1.807, 2.05) is 12.1 Å². The second kappa shape index (κ2) is 5.08. The number of hydrogen-bond acceptors (Lipinski definition) is 3. The fraction of sp³-hybridized carbons (Fsp3) is 0.357. The molecule has 0 saturated heterocycles. The van der Waals surface area contributed by atoms with Gasteiger partial charge in [-0.2, -0.15) is 0 Å². The van der Waals surface area contributed by atoms with E-state index in [0.29, 0.717) is 19.1 Å². The third-order valence-electron chi connectivity index (χ3n) is 3.06. The maximum atomic E-state index is 11.6. The summed E-state index contributed by atoms with van der Waals surface area (Å²) in [5.74, 6) is 0.0827. The molecule has 1 aromatic heterocycles. The molecule has 0 atom stereocenters. The maximum absolute atomic E-state index is 11.6. The molecule has 18 heavy (non-hydrogen) atoms. The highest BCUT2D eigenvalue weighted by atomic mass is 32.1. The average molecular weight is 260 g/mol. The lowest BCUT2D eigenvalue weighted by Crippen LogP contribution is -2.34. The molecule has 1 fully saturated rings. The van der Waals surface area contributed by atoms with E-state index in [4.69, 9.17) is 0 Å². The van der Waals surface area contributed by atoms with Crippen LogP contribution in [0.5, 0.6) is 0 Å². The Balaban J connectivity index is 1.53. The van der Waals surface area contributed by atoms with Crippen molar-refractivity contribution >= 4 is 27.3 Å². The second-order valence-electron chi connectivity index (χ2n) is 4.68. The molecule has 4 heteroatoms. The summed E-state index contributed by atoms with van der Waals surface area (Å²) in [6.45, 7) is 1.07. The Bertz CT molecular complexity index is 527. The van der Waals surface area contributed by atoms with Crippen LogP contribution in [0.2, 0.25) is 0 Å². The van der Waals surface area contributed by atoms with Gasteiger partial charge in [-0.25, -0.2) is 0 Å². The molecular weight excluding hydrogens is 244 g/mol. The molecule has 2 N–H and O–H groups in total. The van der Waals surface area contributed by atoms with Crippen LogP contribution in [0.15, 0.2) is 30.3 Å². The first kappa shape index (κ1) is 11.7. The van der Waals surface area contributed by atoms with Crippen LogP contribution in [0.25, 0.3) is 10.1 Å². The van der Waals surface area contributed by atoms with E-state index in [-0.39, 0.29) is 5.91 Å². The SMILES string of the molecule is O=C(CNC1CC1)NCc1cc2ccccc2s1. The molecule has 94 valence electrons. The minimum atomic E-state index is 0.0827. The van der Waals surface area contributed by atoms with Crippen molar-refractivity contribution in [1.29, 1.82) is 0 Å². The van der Waals surface area contributed by atoms with Crippen LogP contribution in [0.1, 0.15) is 17.7 Å². The third kappa shape index (κ3) is 2.89. The number of nitrogens with one attached hydrogen (secondary N) is 2. The van der Waals surface area contributed by atoms with Crippen LogP contribution in [0.4, 0.5) is 0 Å². The van der Waals surface area contributed by atoms with E-state index in [2.05, 4.69) is 28.8 Å². The van der Waals surface area contributed by atoms with Crippen molar-refractivity contribution in [2.45, 2.75) is 25.4 Å². The molecule has 3 nitrogen and oxygen atoms in total. The van der Waals surface area contributed by atoms with Gasteiger partial charge >= 0.3 is 0 Å². The molecule has 1 aliphatic rings. The Labute approximate surface area is 110 Å². The predicted molar refractivity (Wildman–Crippen MR) is 74.7 cm³/mol. The van der Waals surface area contributed by atoms with Gasteiger partial charge in [-0.3, -0.25) is 4.79 Å². The molecule has 0 unspecified atom stereocenters. The molecule has 2 aromatic rings. The summed E-state index contributed by atoms with van der Waals surface area (Å²) >= 11 is 1.74. The van der Waals surface area contributed by atoms with Gasteiger partial charge in [0.25, 0.3) is 0 Å². The summed E-state index contributed by atoms with van der Waals surface area (Å²) in [6, 6.07) is 11.0. The number of rotatable bonds is 5. The highest BCUT2D eigenvalue weighted by Gasteiger charge is 2.20. The van der Waals surface area contributed by atoms with Crippen LogP contribution in [0, 0.1) is 0 Å². The van der Waals surface area contributed by atoms with Crippen molar-refractivity contribution in [2.75, 3.05) is 6.54 Å². The fourth-order valence-corrected chi connectivity index (χ4v) is 2.90. The number of hydrogen-bond donors (Lipinski definition) is 2. The fourth-order valence-electron chi connectivity index (χ4n) is 1.90. The lowest BCUT2D eigenvalue weighted by molar-refractivity contribution is -0.120. The van der Waals surface area contributed by atoms with Gasteiger partial charge in [-0.05, 0) is 30.4 Å². The largest absolute Gasteiger partial charge is 0.350 e. The highest BCUT2D eigenvalue weighted by Crippen LogP contribution is 2.24. The van der Waals surface area contributed by atoms with Crippen molar-refractivity contribution in [3.63, 3.8) is 0 Å². The van der Waals surface area contributed by atoms with E-state index in [1.165, 1.54) is 27.8 Å². The van der Waals surface area contributed by atoms with E-state index in [9.17, 15) is 4.79 Å². The molecule has 1 aromatic carbocycles. The number of fused-ring (bicyclic) bond motifs is 1. The predicted octanol–water partition coefficient (Wildman–Crippen LogP) is 2.27. The number of carbonyl (C=O) groups excluding carboxylic acids is 1. The van der Waals surface area contributed by atoms with E-state index >= 15 is 0 Å². The van der Waals surface area contributed by atoms with Crippen LogP contribution in [-0.2, 0) is 11.3 Å². The second-order valence-corrected chi connectivity index (χ2v) is 5.85. The average Bonchev–Trinajstić information content (AvgIpc) is 3.11. The van der Waals surface area contributed by atoms with Gasteiger partial charge < -0.3 is 10.6 Å². The van der Waals surface area contributed by atoms with Crippen molar-refractivity contribution in [3.05, 3.63) is 35.2 Å². The molecule has 0 radical (unpaired) electrons. The zero-order chi connectivity index (χ0) is 12.4. The molecule has 1 heterocycles. The number of carbonyl (C=O) groups is 1. The smallest absolute Gasteiger partial charge is 0.234 e. The lowest BCUT2D eigenvalue weighted by Gasteiger charge is -2.04. The van der Waals surface area contributed by atoms with Crippen molar-refractivity contribution in [1.82, 2.24) is 10.6 Å². The molecular formula is C14H16N2OS. The number of amides is 1. The molecule has 1 saturated carbocycles. The first-order valence-electron chi connectivity index (χ1n) is 6.29. The summed E-state index contributed by atoms with van der Waals surface area (Å²) in [5, 5.41) is 7.42. The highest BCUT2D eigenvalue weighted by molar-refractivity contribution is 7.19. The maximum Gasteiger partial charge on any atom is 0.234 e. The quantitative estimate of drug-likeness (QED) is 0.866. The van der Waals surface area contributed by atoms with Crippen LogP contribution >= 0.6 is 11.3 Å². The van der Waals surface area contributed by atoms with Gasteiger partial charge in [-0.15, -0.1) is 11.3 Å². The van der Waals surface area contributed by atoms with Crippen LogP contribution < -0.4 is 10.6 Å². The van der Waals surface area contributed by atoms with E-state index in [1.54, 1.807) is 11.3 Å². The summed E-state index contributed by atoms with van der Waals surface area (Å²) in [5.41, 5.74) is 0. The number of benzene rings is 1. The molecule has 1 aliphatic carbocycles. The Kier molecular flexibility index (Phi) is 3.30. The topological polar surface area (TPSA) is 41.1 Å². The van der Waals surface area contributed by atoms with Gasteiger partial charge in [0, 0.05) is 15.6 Å². The van der Waals surface area contributed by atoms with Gasteiger partial charge in [0.1, 0.15) is 0 Å². The first-order chi connectivity index (χ1) is 8.81. The minimum Gasteiger partial charge on any atom is -0.350 e. The summed E-state index contributed by atoms with van der Waals surface area (Å²) in [4.78, 5) is 12.8. The molecule has 0 bridgehead atoms. The normalized spacial score (nSPS) is 14.9. The Morgan fingerprint density at radius 1 is 1.33 bits per heavy atom. The molecule has 0 aliphatic heterocycles. The number of thiophene rings is 1. The van der Waals surface area contributed by atoms with E-state index < -0.39 is 0 Å². The molecule has 0 spiro atoms. The van der Waals surface area contributed by atoms with Crippen molar-refractivity contribution < 1.29 is 4.79 Å². The summed E-state index contributed by atoms with van der Waals surface area (Å²) in [6.07, 6.45) is 2.42. The molecule has 3 rings (SSSR count). The van der Waals surface area contributed by atoms with Gasteiger partial charge in [0.05, 0.1) is 13.1 Å². The first-order valence-corrected chi connectivity index (χ1v) is 7.10. The Morgan fingerprint density at radius 3 is 2.94 bits per heavy atom. The lowest BCUT2D eigenvalue weighted by atomic mass is 10.2. The molecule has 1 amide bonds. The summed E-state index contributed by atoms with van der Waals surface area (Å²) < 4.78 is 1.28. The van der Waals surface area contributed by atoms with Crippen molar-refractivity contribution in [3.8, 4) is 0 Å². The van der Waals surface area contributed by atoms with Gasteiger partial charge in [0.2, 0.25) is 5.91 Å². The minimum absolute atomic E-state index is 0.0827. The zero-order valence-corrected chi connectivity index (χ0v) is 10.9. The van der Waals surface area contributed by atoms with Gasteiger partial charge in [-0.1, -0.05) is 18.2 Å². The summed E-state index contributed by atoms with van der Waals surface area (Å²) in [7, 11) is 0. The Morgan fingerprint density at radius 2 is 2.17 bits per heavy atom.